The molecule has 48 heavy (non-hydrogen) atoms. The zero-order chi connectivity index (χ0) is 34.7. The van der Waals surface area contributed by atoms with Gasteiger partial charge in [-0.05, 0) is 19.3 Å². The first kappa shape index (κ1) is 48.1. The Labute approximate surface area is 305 Å². The first-order valence-electron chi connectivity index (χ1n) is 22.4. The Morgan fingerprint density at radius 1 is 0.250 bits per heavy atom. The van der Waals surface area contributed by atoms with Crippen LogP contribution in [0.2, 0.25) is 0 Å². The van der Waals surface area contributed by atoms with Crippen LogP contribution in [0.5, 0.6) is 0 Å². The summed E-state index contributed by atoms with van der Waals surface area (Å²) in [6.07, 6.45) is 50.5. The Balaban J connectivity index is 3.75. The molecule has 290 valence electrons. The maximum Gasteiger partial charge on any atom is 0.513 e. The summed E-state index contributed by atoms with van der Waals surface area (Å²) >= 11 is 0. The van der Waals surface area contributed by atoms with E-state index in [4.69, 9.17) is 18.3 Å². The lowest BCUT2D eigenvalue weighted by molar-refractivity contribution is -0.241. The van der Waals surface area contributed by atoms with Gasteiger partial charge in [0.2, 0.25) is 0 Å². The zero-order valence-corrected chi connectivity index (χ0v) is 34.6. The second-order valence-electron chi connectivity index (χ2n) is 15.0. The lowest BCUT2D eigenvalue weighted by Gasteiger charge is -2.16. The summed E-state index contributed by atoms with van der Waals surface area (Å²) in [6, 6.07) is 0. The minimum absolute atomic E-state index is 0.651. The van der Waals surface area contributed by atoms with Gasteiger partial charge in [0.1, 0.15) is 0 Å². The minimum Gasteiger partial charge on any atom is -0.375 e. The zero-order valence-electron chi connectivity index (χ0n) is 33.5. The van der Waals surface area contributed by atoms with Gasteiger partial charge in [-0.1, -0.05) is 239 Å². The molecule has 0 aliphatic carbocycles. The maximum absolute atomic E-state index is 6.10. The van der Waals surface area contributed by atoms with Crippen LogP contribution in [0, 0.1) is 0 Å². The van der Waals surface area contributed by atoms with Gasteiger partial charge < -0.3 is 8.85 Å². The van der Waals surface area contributed by atoms with E-state index < -0.39 is 9.53 Å². The number of hydrogen-bond acceptors (Lipinski definition) is 4. The topological polar surface area (TPSA) is 36.9 Å². The molecule has 0 N–H and O–H groups in total. The Kier molecular flexibility index (Phi) is 45.1. The third-order valence-electron chi connectivity index (χ3n) is 9.98. The molecule has 0 aromatic heterocycles. The molecular weight excluding hydrogens is 609 g/mol. The fourth-order valence-corrected chi connectivity index (χ4v) is 7.76. The van der Waals surface area contributed by atoms with Gasteiger partial charge in [-0.25, -0.2) is 9.46 Å². The molecule has 0 unspecified atom stereocenters. The Morgan fingerprint density at radius 3 is 0.708 bits per heavy atom. The molecule has 0 amide bonds. The van der Waals surface area contributed by atoms with Crippen molar-refractivity contribution in [2.45, 2.75) is 258 Å². The van der Waals surface area contributed by atoms with Crippen LogP contribution in [0.1, 0.15) is 258 Å². The van der Waals surface area contributed by atoms with E-state index >= 15 is 0 Å². The van der Waals surface area contributed by atoms with Crippen LogP contribution in [0.4, 0.5) is 0 Å². The standard InChI is InChI=1S/C43H90O4Si/c1-4-7-10-13-15-17-19-21-23-25-27-29-31-33-36-39-42-45-48(47-44-41-38-35-12-9-6-3)46-43-40-37-34-32-30-28-26-24-22-20-18-16-14-11-8-5-2/h48H,4-43H2,1-3H3. The highest BCUT2D eigenvalue weighted by Crippen LogP contribution is 2.16. The van der Waals surface area contributed by atoms with Gasteiger partial charge in [-0.2, -0.15) is 0 Å². The van der Waals surface area contributed by atoms with Crippen molar-refractivity contribution in [1.82, 2.24) is 0 Å². The molecule has 0 aromatic rings. The largest absolute Gasteiger partial charge is 0.513 e. The van der Waals surface area contributed by atoms with Crippen LogP contribution in [-0.2, 0) is 18.3 Å². The molecule has 0 aliphatic heterocycles. The SMILES string of the molecule is CCCCCCCCCCCCCCCCCCO[SiH](OCCCCCCCCCCCCCCCCCC)OOCCCCCCC. The lowest BCUT2D eigenvalue weighted by Crippen LogP contribution is -2.28. The normalized spacial score (nSPS) is 11.8. The predicted molar refractivity (Wildman–Crippen MR) is 214 cm³/mol. The van der Waals surface area contributed by atoms with Crippen molar-refractivity contribution in [2.24, 2.45) is 0 Å². The molecule has 0 spiro atoms. The average molecular weight is 699 g/mol. The molecule has 0 radical (unpaired) electrons. The summed E-state index contributed by atoms with van der Waals surface area (Å²) in [4.78, 5) is 5.55. The van der Waals surface area contributed by atoms with E-state index in [1.54, 1.807) is 0 Å². The second kappa shape index (κ2) is 45.1. The summed E-state index contributed by atoms with van der Waals surface area (Å²) in [5.74, 6) is 0. The van der Waals surface area contributed by atoms with Gasteiger partial charge in [-0.3, -0.25) is 0 Å². The molecule has 4 nitrogen and oxygen atoms in total. The van der Waals surface area contributed by atoms with Crippen molar-refractivity contribution in [3.8, 4) is 0 Å². The molecule has 0 heterocycles. The fraction of sp³-hybridized carbons (Fsp3) is 1.00. The Morgan fingerprint density at radius 2 is 0.458 bits per heavy atom. The van der Waals surface area contributed by atoms with Crippen LogP contribution >= 0.6 is 0 Å². The van der Waals surface area contributed by atoms with E-state index in [9.17, 15) is 0 Å². The monoisotopic (exact) mass is 699 g/mol. The van der Waals surface area contributed by atoms with Gasteiger partial charge in [0.15, 0.2) is 0 Å². The van der Waals surface area contributed by atoms with Gasteiger partial charge in [0, 0.05) is 13.2 Å². The average Bonchev–Trinajstić information content (AvgIpc) is 3.10. The predicted octanol–water partition coefficient (Wildman–Crippen LogP) is 15.2. The van der Waals surface area contributed by atoms with E-state index in [-0.39, 0.29) is 0 Å². The van der Waals surface area contributed by atoms with Crippen LogP contribution in [0.25, 0.3) is 0 Å². The third-order valence-corrected chi connectivity index (χ3v) is 11.3. The van der Waals surface area contributed by atoms with Crippen LogP contribution in [0.3, 0.4) is 0 Å². The quantitative estimate of drug-likeness (QED) is 0.0275. The van der Waals surface area contributed by atoms with Crippen molar-refractivity contribution < 1.29 is 18.3 Å². The summed E-state index contributed by atoms with van der Waals surface area (Å²) in [7, 11) is -2.21. The van der Waals surface area contributed by atoms with E-state index in [1.807, 2.05) is 0 Å². The summed E-state index contributed by atoms with van der Waals surface area (Å²) in [6.45, 7) is 8.99. The molecule has 5 heteroatoms. The van der Waals surface area contributed by atoms with Crippen molar-refractivity contribution in [3.63, 3.8) is 0 Å². The molecular formula is C43H90O4Si. The van der Waals surface area contributed by atoms with E-state index in [0.29, 0.717) is 6.61 Å². The van der Waals surface area contributed by atoms with Gasteiger partial charge in [0.25, 0.3) is 0 Å². The fourth-order valence-electron chi connectivity index (χ4n) is 6.63. The summed E-state index contributed by atoms with van der Waals surface area (Å²) in [5.41, 5.74) is 0. The summed E-state index contributed by atoms with van der Waals surface area (Å²) in [5, 5.41) is 0. The molecule has 0 saturated carbocycles. The van der Waals surface area contributed by atoms with Crippen molar-refractivity contribution in [2.75, 3.05) is 19.8 Å². The van der Waals surface area contributed by atoms with Crippen LogP contribution in [-0.4, -0.2) is 29.3 Å². The second-order valence-corrected chi connectivity index (χ2v) is 16.4. The minimum atomic E-state index is -2.21. The molecule has 0 rings (SSSR count). The maximum atomic E-state index is 6.10. The van der Waals surface area contributed by atoms with Crippen molar-refractivity contribution >= 4 is 9.53 Å². The molecule has 0 atom stereocenters. The first-order chi connectivity index (χ1) is 23.8. The molecule has 0 aromatic carbocycles. The van der Waals surface area contributed by atoms with E-state index in [2.05, 4.69) is 20.8 Å². The number of unbranched alkanes of at least 4 members (excludes halogenated alkanes) is 34. The molecule has 0 saturated heterocycles. The van der Waals surface area contributed by atoms with Crippen molar-refractivity contribution in [1.29, 1.82) is 0 Å². The molecule has 0 bridgehead atoms. The third kappa shape index (κ3) is 42.2. The van der Waals surface area contributed by atoms with Gasteiger partial charge >= 0.3 is 9.53 Å². The number of hydrogen-bond donors (Lipinski definition) is 0. The molecule has 0 aliphatic rings. The smallest absolute Gasteiger partial charge is 0.375 e. The Hall–Kier alpha value is 0.0569. The highest BCUT2D eigenvalue weighted by molar-refractivity contribution is 6.35. The first-order valence-corrected chi connectivity index (χ1v) is 23.8. The summed E-state index contributed by atoms with van der Waals surface area (Å²) < 4.78 is 17.9. The highest BCUT2D eigenvalue weighted by Gasteiger charge is 2.17. The van der Waals surface area contributed by atoms with Crippen LogP contribution < -0.4 is 0 Å². The van der Waals surface area contributed by atoms with Gasteiger partial charge in [0.05, 0.1) is 6.61 Å². The lowest BCUT2D eigenvalue weighted by atomic mass is 10.0. The van der Waals surface area contributed by atoms with Crippen LogP contribution in [0.15, 0.2) is 0 Å². The highest BCUT2D eigenvalue weighted by atomic mass is 28.3. The van der Waals surface area contributed by atoms with E-state index in [0.717, 1.165) is 32.5 Å². The Bertz CT molecular complexity index is 511. The molecule has 0 fully saturated rings. The van der Waals surface area contributed by atoms with Crippen molar-refractivity contribution in [3.05, 3.63) is 0 Å². The van der Waals surface area contributed by atoms with E-state index in [1.165, 1.54) is 218 Å². The van der Waals surface area contributed by atoms with Gasteiger partial charge in [-0.15, -0.1) is 0 Å². The number of rotatable bonds is 44.